The maximum Gasteiger partial charge on any atom is 0.319 e. The zero-order valence-electron chi connectivity index (χ0n) is 9.61. The van der Waals surface area contributed by atoms with Crippen LogP contribution in [0.15, 0.2) is 24.3 Å². The van der Waals surface area contributed by atoms with Gasteiger partial charge in [-0.15, -0.1) is 0 Å². The van der Waals surface area contributed by atoms with E-state index in [0.29, 0.717) is 11.7 Å². The number of anilines is 2. The first-order chi connectivity index (χ1) is 8.24. The average molecular weight is 251 g/mol. The number of nitrogen functional groups attached to an aromatic ring is 1. The summed E-state index contributed by atoms with van der Waals surface area (Å²) in [6, 6.07) is 7.34. The predicted molar refractivity (Wildman–Crippen MR) is 73.4 cm³/mol. The third-order valence-electron chi connectivity index (χ3n) is 2.70. The number of nitrogens with two attached hydrogens (primary N) is 1. The lowest BCUT2D eigenvalue weighted by molar-refractivity contribution is 0.247. The molecule has 1 aliphatic heterocycles. The molecule has 4 N–H and O–H groups in total. The molecule has 0 radical (unpaired) electrons. The minimum Gasteiger partial charge on any atom is -0.399 e. The highest BCUT2D eigenvalue weighted by Crippen LogP contribution is 2.17. The quantitative estimate of drug-likeness (QED) is 0.706. The molecule has 92 valence electrons. The summed E-state index contributed by atoms with van der Waals surface area (Å²) in [5.41, 5.74) is 7.02. The highest BCUT2D eigenvalue weighted by atomic mass is 32.2. The van der Waals surface area contributed by atoms with Crippen LogP contribution in [-0.4, -0.2) is 23.6 Å². The molecular weight excluding hydrogens is 234 g/mol. The van der Waals surface area contributed by atoms with E-state index < -0.39 is 0 Å². The molecule has 0 aromatic heterocycles. The van der Waals surface area contributed by atoms with Crippen LogP contribution < -0.4 is 16.4 Å². The van der Waals surface area contributed by atoms with Gasteiger partial charge in [-0.25, -0.2) is 4.79 Å². The van der Waals surface area contributed by atoms with Gasteiger partial charge >= 0.3 is 6.03 Å². The van der Waals surface area contributed by atoms with Crippen LogP contribution in [0.25, 0.3) is 0 Å². The summed E-state index contributed by atoms with van der Waals surface area (Å²) in [5, 5.41) is 5.78. The van der Waals surface area contributed by atoms with E-state index in [2.05, 4.69) is 10.6 Å². The van der Waals surface area contributed by atoms with Crippen molar-refractivity contribution in [2.24, 2.45) is 0 Å². The summed E-state index contributed by atoms with van der Waals surface area (Å²) in [7, 11) is 0. The van der Waals surface area contributed by atoms with Gasteiger partial charge in [0.15, 0.2) is 0 Å². The number of hydrogen-bond donors (Lipinski definition) is 3. The zero-order chi connectivity index (χ0) is 12.1. The van der Waals surface area contributed by atoms with E-state index in [1.54, 1.807) is 12.1 Å². The predicted octanol–water partition coefficient (Wildman–Crippen LogP) is 2.29. The average Bonchev–Trinajstić information content (AvgIpc) is 2.30. The summed E-state index contributed by atoms with van der Waals surface area (Å²) in [5.74, 6) is 2.26. The minimum absolute atomic E-state index is 0.146. The largest absolute Gasteiger partial charge is 0.399 e. The van der Waals surface area contributed by atoms with Gasteiger partial charge in [-0.2, -0.15) is 11.8 Å². The number of carbonyl (C=O) groups is 1. The Labute approximate surface area is 105 Å². The van der Waals surface area contributed by atoms with E-state index in [1.165, 1.54) is 0 Å². The van der Waals surface area contributed by atoms with E-state index in [1.807, 2.05) is 23.9 Å². The van der Waals surface area contributed by atoms with Crippen molar-refractivity contribution in [3.8, 4) is 0 Å². The number of benzene rings is 1. The number of rotatable bonds is 2. The van der Waals surface area contributed by atoms with E-state index in [-0.39, 0.29) is 6.03 Å². The Morgan fingerprint density at radius 3 is 2.82 bits per heavy atom. The van der Waals surface area contributed by atoms with Crippen molar-refractivity contribution in [1.29, 1.82) is 0 Å². The molecule has 1 heterocycles. The topological polar surface area (TPSA) is 67.1 Å². The van der Waals surface area contributed by atoms with E-state index in [4.69, 9.17) is 5.73 Å². The van der Waals surface area contributed by atoms with Gasteiger partial charge in [0.2, 0.25) is 0 Å². The molecule has 4 nitrogen and oxygen atoms in total. The second-order valence-corrected chi connectivity index (χ2v) is 5.34. The maximum absolute atomic E-state index is 11.7. The first-order valence-corrected chi connectivity index (χ1v) is 6.90. The Balaban J connectivity index is 1.84. The SMILES string of the molecule is Nc1cccc(NC(=O)NC2CCSCC2)c1. The molecule has 5 heteroatoms. The van der Waals surface area contributed by atoms with Crippen LogP contribution >= 0.6 is 11.8 Å². The molecule has 0 atom stereocenters. The highest BCUT2D eigenvalue weighted by Gasteiger charge is 2.15. The fourth-order valence-electron chi connectivity index (χ4n) is 1.81. The number of thioether (sulfide) groups is 1. The Hall–Kier alpha value is -1.36. The molecule has 1 aromatic rings. The molecule has 0 spiro atoms. The second-order valence-electron chi connectivity index (χ2n) is 4.11. The molecule has 0 aliphatic carbocycles. The lowest BCUT2D eigenvalue weighted by Gasteiger charge is -2.22. The van der Waals surface area contributed by atoms with Gasteiger partial charge in [0, 0.05) is 17.4 Å². The van der Waals surface area contributed by atoms with Gasteiger partial charge in [-0.1, -0.05) is 6.07 Å². The fourth-order valence-corrected chi connectivity index (χ4v) is 2.92. The molecule has 1 aromatic carbocycles. The molecular formula is C12H17N3OS. The third-order valence-corrected chi connectivity index (χ3v) is 3.75. The maximum atomic E-state index is 11.7. The van der Waals surface area contributed by atoms with Gasteiger partial charge in [0.25, 0.3) is 0 Å². The van der Waals surface area contributed by atoms with Crippen LogP contribution in [0.4, 0.5) is 16.2 Å². The van der Waals surface area contributed by atoms with Gasteiger partial charge in [0.05, 0.1) is 0 Å². The van der Waals surface area contributed by atoms with Crippen LogP contribution in [0.2, 0.25) is 0 Å². The molecule has 1 saturated heterocycles. The van der Waals surface area contributed by atoms with Crippen LogP contribution in [-0.2, 0) is 0 Å². The summed E-state index contributed by atoms with van der Waals surface area (Å²) < 4.78 is 0. The number of urea groups is 1. The molecule has 2 amide bonds. The van der Waals surface area contributed by atoms with Gasteiger partial charge in [0.1, 0.15) is 0 Å². The van der Waals surface area contributed by atoms with E-state index >= 15 is 0 Å². The monoisotopic (exact) mass is 251 g/mol. The summed E-state index contributed by atoms with van der Waals surface area (Å²) in [4.78, 5) is 11.7. The van der Waals surface area contributed by atoms with Crippen molar-refractivity contribution in [2.45, 2.75) is 18.9 Å². The molecule has 0 unspecified atom stereocenters. The second kappa shape index (κ2) is 5.82. The normalized spacial score (nSPS) is 16.5. The summed E-state index contributed by atoms with van der Waals surface area (Å²) in [6.45, 7) is 0. The summed E-state index contributed by atoms with van der Waals surface area (Å²) in [6.07, 6.45) is 2.10. The van der Waals surface area contributed by atoms with Crippen molar-refractivity contribution in [3.05, 3.63) is 24.3 Å². The van der Waals surface area contributed by atoms with Crippen molar-refractivity contribution in [2.75, 3.05) is 22.6 Å². The number of carbonyl (C=O) groups excluding carboxylic acids is 1. The Morgan fingerprint density at radius 2 is 2.12 bits per heavy atom. The van der Waals surface area contributed by atoms with Gasteiger partial charge < -0.3 is 16.4 Å². The molecule has 1 fully saturated rings. The lowest BCUT2D eigenvalue weighted by Crippen LogP contribution is -2.39. The highest BCUT2D eigenvalue weighted by molar-refractivity contribution is 7.99. The number of hydrogen-bond acceptors (Lipinski definition) is 3. The van der Waals surface area contributed by atoms with E-state index in [9.17, 15) is 4.79 Å². The van der Waals surface area contributed by atoms with Gasteiger partial charge in [-0.3, -0.25) is 0 Å². The molecule has 0 saturated carbocycles. The van der Waals surface area contributed by atoms with Crippen LogP contribution in [0.3, 0.4) is 0 Å². The first kappa shape index (κ1) is 12.1. The number of nitrogens with one attached hydrogen (secondary N) is 2. The molecule has 1 aliphatic rings. The van der Waals surface area contributed by atoms with Crippen molar-refractivity contribution >= 4 is 29.2 Å². The van der Waals surface area contributed by atoms with Crippen molar-refractivity contribution in [3.63, 3.8) is 0 Å². The molecule has 2 rings (SSSR count). The lowest BCUT2D eigenvalue weighted by atomic mass is 10.2. The van der Waals surface area contributed by atoms with Gasteiger partial charge in [-0.05, 0) is 42.5 Å². The minimum atomic E-state index is -0.146. The number of amides is 2. The van der Waals surface area contributed by atoms with Crippen LogP contribution in [0, 0.1) is 0 Å². The Morgan fingerprint density at radius 1 is 1.35 bits per heavy atom. The van der Waals surface area contributed by atoms with Crippen LogP contribution in [0.1, 0.15) is 12.8 Å². The smallest absolute Gasteiger partial charge is 0.319 e. The Bertz CT molecular complexity index is 391. The first-order valence-electron chi connectivity index (χ1n) is 5.75. The standard InChI is InChI=1S/C12H17N3OS/c13-9-2-1-3-11(8-9)15-12(16)14-10-4-6-17-7-5-10/h1-3,8,10H,4-7,13H2,(H2,14,15,16). The zero-order valence-corrected chi connectivity index (χ0v) is 10.4. The third kappa shape index (κ3) is 3.85. The summed E-state index contributed by atoms with van der Waals surface area (Å²) >= 11 is 1.94. The molecule has 0 bridgehead atoms. The van der Waals surface area contributed by atoms with Crippen LogP contribution in [0.5, 0.6) is 0 Å². The molecule has 17 heavy (non-hydrogen) atoms. The van der Waals surface area contributed by atoms with E-state index in [0.717, 1.165) is 30.0 Å². The van der Waals surface area contributed by atoms with Crippen molar-refractivity contribution < 1.29 is 4.79 Å². The Kier molecular flexibility index (Phi) is 4.14. The van der Waals surface area contributed by atoms with Crippen molar-refractivity contribution in [1.82, 2.24) is 5.32 Å². The fraction of sp³-hybridized carbons (Fsp3) is 0.417.